The number of carbonyl (C=O) groups excluding carboxylic acids is 1. The van der Waals surface area contributed by atoms with Gasteiger partial charge in [-0.2, -0.15) is 0 Å². The normalized spacial score (nSPS) is 22.9. The molecule has 144 valence electrons. The van der Waals surface area contributed by atoms with E-state index in [0.29, 0.717) is 56.1 Å². The predicted octanol–water partition coefficient (Wildman–Crippen LogP) is 2.28. The first-order valence-corrected chi connectivity index (χ1v) is 10.6. The molecule has 1 aromatic carbocycles. The maximum Gasteiger partial charge on any atom is 0.227 e. The molecule has 1 heterocycles. The fraction of sp³-hybridized carbons (Fsp3) is 0.611. The lowest BCUT2D eigenvalue weighted by Gasteiger charge is -2.29. The molecule has 1 aliphatic heterocycles. The number of amides is 1. The highest BCUT2D eigenvalue weighted by Gasteiger charge is 2.29. The highest BCUT2D eigenvalue weighted by atomic mass is 32.2. The molecule has 0 bridgehead atoms. The summed E-state index contributed by atoms with van der Waals surface area (Å²) in [7, 11) is -3.27. The van der Waals surface area contributed by atoms with E-state index >= 15 is 0 Å². The standard InChI is InChI=1S/C18H26N2O5S/c1-12(2)26(22,23)20-14-5-3-13(4-6-14)18(21)19-15-7-8-16-17(11-15)25-10-9-24-16/h7-8,11-14,20H,3-6,9-10H2,1-2H3,(H,19,21). The molecule has 0 aromatic heterocycles. The summed E-state index contributed by atoms with van der Waals surface area (Å²) in [6.07, 6.45) is 2.68. The number of sulfonamides is 1. The van der Waals surface area contributed by atoms with Crippen LogP contribution < -0.4 is 19.5 Å². The van der Waals surface area contributed by atoms with Crippen LogP contribution in [0.15, 0.2) is 18.2 Å². The summed E-state index contributed by atoms with van der Waals surface area (Å²) in [5.41, 5.74) is 0.682. The van der Waals surface area contributed by atoms with Gasteiger partial charge in [-0.1, -0.05) is 0 Å². The average molecular weight is 382 g/mol. The second kappa shape index (κ2) is 7.84. The summed E-state index contributed by atoms with van der Waals surface area (Å²) < 4.78 is 37.7. The van der Waals surface area contributed by atoms with Gasteiger partial charge in [-0.15, -0.1) is 0 Å². The van der Waals surface area contributed by atoms with Crippen molar-refractivity contribution in [1.82, 2.24) is 4.72 Å². The zero-order valence-corrected chi connectivity index (χ0v) is 16.0. The van der Waals surface area contributed by atoms with E-state index < -0.39 is 15.3 Å². The molecule has 0 radical (unpaired) electrons. The quantitative estimate of drug-likeness (QED) is 0.815. The number of nitrogens with one attached hydrogen (secondary N) is 2. The van der Waals surface area contributed by atoms with Gasteiger partial charge in [-0.3, -0.25) is 4.79 Å². The Morgan fingerprint density at radius 2 is 1.73 bits per heavy atom. The highest BCUT2D eigenvalue weighted by Crippen LogP contribution is 2.33. The molecule has 3 rings (SSSR count). The first-order valence-electron chi connectivity index (χ1n) is 9.07. The van der Waals surface area contributed by atoms with E-state index in [0.717, 1.165) is 0 Å². The Labute approximate surface area is 154 Å². The van der Waals surface area contributed by atoms with Gasteiger partial charge in [-0.25, -0.2) is 13.1 Å². The Balaban J connectivity index is 1.52. The Hall–Kier alpha value is -1.80. The molecule has 0 unspecified atom stereocenters. The minimum Gasteiger partial charge on any atom is -0.486 e. The molecule has 26 heavy (non-hydrogen) atoms. The summed E-state index contributed by atoms with van der Waals surface area (Å²) in [5, 5.41) is 2.48. The molecule has 1 aliphatic carbocycles. The number of ether oxygens (including phenoxy) is 2. The van der Waals surface area contributed by atoms with Crippen LogP contribution in [0.1, 0.15) is 39.5 Å². The van der Waals surface area contributed by atoms with Crippen LogP contribution in [0.5, 0.6) is 11.5 Å². The number of hydrogen-bond acceptors (Lipinski definition) is 5. The van der Waals surface area contributed by atoms with Gasteiger partial charge >= 0.3 is 0 Å². The number of hydrogen-bond donors (Lipinski definition) is 2. The van der Waals surface area contributed by atoms with Crippen LogP contribution in [0.4, 0.5) is 5.69 Å². The van der Waals surface area contributed by atoms with Crippen LogP contribution in [0.2, 0.25) is 0 Å². The minimum atomic E-state index is -3.27. The van der Waals surface area contributed by atoms with Crippen LogP contribution in [-0.2, 0) is 14.8 Å². The molecular formula is C18H26N2O5S. The lowest BCUT2D eigenvalue weighted by Crippen LogP contribution is -2.42. The smallest absolute Gasteiger partial charge is 0.227 e. The maximum absolute atomic E-state index is 12.5. The summed E-state index contributed by atoms with van der Waals surface area (Å²) in [5.74, 6) is 1.18. The monoisotopic (exact) mass is 382 g/mol. The van der Waals surface area contributed by atoms with Crippen LogP contribution in [0, 0.1) is 5.92 Å². The summed E-state index contributed by atoms with van der Waals surface area (Å²) in [4.78, 5) is 12.5. The molecule has 2 aliphatic rings. The predicted molar refractivity (Wildman–Crippen MR) is 99.0 cm³/mol. The fourth-order valence-electron chi connectivity index (χ4n) is 3.21. The Morgan fingerprint density at radius 3 is 2.38 bits per heavy atom. The van der Waals surface area contributed by atoms with E-state index in [2.05, 4.69) is 10.0 Å². The summed E-state index contributed by atoms with van der Waals surface area (Å²) in [6.45, 7) is 4.35. The largest absolute Gasteiger partial charge is 0.486 e. The van der Waals surface area contributed by atoms with Gasteiger partial charge in [0.1, 0.15) is 13.2 Å². The Kier molecular flexibility index (Phi) is 5.72. The third-order valence-electron chi connectivity index (χ3n) is 4.86. The van der Waals surface area contributed by atoms with Gasteiger partial charge in [0.25, 0.3) is 0 Å². The van der Waals surface area contributed by atoms with E-state index in [4.69, 9.17) is 9.47 Å². The minimum absolute atomic E-state index is 0.0353. The number of carbonyl (C=O) groups is 1. The van der Waals surface area contributed by atoms with E-state index in [-0.39, 0.29) is 17.9 Å². The molecule has 8 heteroatoms. The van der Waals surface area contributed by atoms with Gasteiger partial charge in [0.2, 0.25) is 15.9 Å². The van der Waals surface area contributed by atoms with E-state index in [1.165, 1.54) is 0 Å². The van der Waals surface area contributed by atoms with Crippen molar-refractivity contribution in [1.29, 1.82) is 0 Å². The SMILES string of the molecule is CC(C)S(=O)(=O)NC1CCC(C(=O)Nc2ccc3c(c2)OCCO3)CC1. The van der Waals surface area contributed by atoms with E-state index in [1.807, 2.05) is 0 Å². The molecule has 1 amide bonds. The first kappa shape index (κ1) is 19.0. The van der Waals surface area contributed by atoms with Gasteiger partial charge in [0.15, 0.2) is 11.5 Å². The van der Waals surface area contributed by atoms with Crippen molar-refractivity contribution >= 4 is 21.6 Å². The van der Waals surface area contributed by atoms with Gasteiger partial charge in [-0.05, 0) is 51.7 Å². The van der Waals surface area contributed by atoms with Gasteiger partial charge < -0.3 is 14.8 Å². The van der Waals surface area contributed by atoms with Crippen molar-refractivity contribution in [3.8, 4) is 11.5 Å². The Morgan fingerprint density at radius 1 is 1.08 bits per heavy atom. The van der Waals surface area contributed by atoms with Crippen molar-refractivity contribution in [2.24, 2.45) is 5.92 Å². The number of benzene rings is 1. The van der Waals surface area contributed by atoms with Crippen molar-refractivity contribution < 1.29 is 22.7 Å². The molecule has 0 saturated heterocycles. The number of anilines is 1. The molecule has 0 atom stereocenters. The van der Waals surface area contributed by atoms with Crippen LogP contribution in [0.3, 0.4) is 0 Å². The first-order chi connectivity index (χ1) is 12.3. The van der Waals surface area contributed by atoms with Crippen molar-refractivity contribution in [3.63, 3.8) is 0 Å². The van der Waals surface area contributed by atoms with Gasteiger partial charge in [0.05, 0.1) is 5.25 Å². The topological polar surface area (TPSA) is 93.7 Å². The van der Waals surface area contributed by atoms with Crippen LogP contribution in [-0.4, -0.2) is 38.8 Å². The second-order valence-corrected chi connectivity index (χ2v) is 9.38. The van der Waals surface area contributed by atoms with Crippen molar-refractivity contribution in [2.45, 2.75) is 50.8 Å². The molecule has 2 N–H and O–H groups in total. The summed E-state index contributed by atoms with van der Waals surface area (Å²) >= 11 is 0. The number of fused-ring (bicyclic) bond motifs is 1. The molecule has 0 spiro atoms. The zero-order chi connectivity index (χ0) is 18.7. The molecule has 1 saturated carbocycles. The zero-order valence-electron chi connectivity index (χ0n) is 15.2. The summed E-state index contributed by atoms with van der Waals surface area (Å²) in [6, 6.07) is 5.28. The van der Waals surface area contributed by atoms with E-state index in [1.54, 1.807) is 32.0 Å². The molecule has 1 fully saturated rings. The maximum atomic E-state index is 12.5. The highest BCUT2D eigenvalue weighted by molar-refractivity contribution is 7.90. The van der Waals surface area contributed by atoms with Crippen molar-refractivity contribution in [3.05, 3.63) is 18.2 Å². The van der Waals surface area contributed by atoms with Crippen molar-refractivity contribution in [2.75, 3.05) is 18.5 Å². The lowest BCUT2D eigenvalue weighted by molar-refractivity contribution is -0.120. The third kappa shape index (κ3) is 4.48. The second-order valence-electron chi connectivity index (χ2n) is 7.11. The third-order valence-corrected chi connectivity index (χ3v) is 6.76. The average Bonchev–Trinajstić information content (AvgIpc) is 2.61. The fourth-order valence-corrected chi connectivity index (χ4v) is 4.18. The Bertz CT molecular complexity index is 755. The molecular weight excluding hydrogens is 356 g/mol. The van der Waals surface area contributed by atoms with E-state index in [9.17, 15) is 13.2 Å². The van der Waals surface area contributed by atoms with Gasteiger partial charge in [0, 0.05) is 23.7 Å². The number of rotatable bonds is 5. The molecule has 1 aromatic rings. The molecule has 7 nitrogen and oxygen atoms in total. The van der Waals surface area contributed by atoms with Crippen LogP contribution >= 0.6 is 0 Å². The van der Waals surface area contributed by atoms with Crippen LogP contribution in [0.25, 0.3) is 0 Å². The lowest BCUT2D eigenvalue weighted by atomic mass is 9.86.